The van der Waals surface area contributed by atoms with Crippen LogP contribution in [0.1, 0.15) is 33.1 Å². The van der Waals surface area contributed by atoms with Crippen molar-refractivity contribution >= 4 is 11.6 Å². The molecule has 4 nitrogen and oxygen atoms in total. The topological polar surface area (TPSA) is 53.6 Å². The van der Waals surface area contributed by atoms with Crippen LogP contribution in [0.4, 0.5) is 5.69 Å². The van der Waals surface area contributed by atoms with Crippen LogP contribution in [0.2, 0.25) is 0 Å². The summed E-state index contributed by atoms with van der Waals surface area (Å²) in [6.07, 6.45) is 3.64. The number of para-hydroxylation sites is 1. The van der Waals surface area contributed by atoms with E-state index in [4.69, 9.17) is 5.84 Å². The highest BCUT2D eigenvalue weighted by atomic mass is 15.4. The molecule has 0 atom stereocenters. The monoisotopic (exact) mass is 260 g/mol. The number of hydrogen-bond donors (Lipinski definition) is 2. The normalized spacial score (nSPS) is 18.7. The fourth-order valence-electron chi connectivity index (χ4n) is 2.76. The second-order valence-electron chi connectivity index (χ2n) is 5.29. The number of benzene rings is 1. The molecule has 2 rings (SSSR count). The fraction of sp³-hybridized carbons (Fsp3) is 0.533. The van der Waals surface area contributed by atoms with Gasteiger partial charge in [0.15, 0.2) is 0 Å². The quantitative estimate of drug-likeness (QED) is 0.380. The van der Waals surface area contributed by atoms with Gasteiger partial charge in [-0.05, 0) is 36.8 Å². The van der Waals surface area contributed by atoms with E-state index in [2.05, 4.69) is 29.2 Å². The van der Waals surface area contributed by atoms with Crippen molar-refractivity contribution in [3.05, 3.63) is 30.3 Å². The number of hydrogen-bond acceptors (Lipinski definition) is 2. The summed E-state index contributed by atoms with van der Waals surface area (Å²) < 4.78 is 0. The highest BCUT2D eigenvalue weighted by molar-refractivity contribution is 5.82. The van der Waals surface area contributed by atoms with Gasteiger partial charge in [-0.25, -0.2) is 10.8 Å². The zero-order chi connectivity index (χ0) is 13.7. The first-order valence-electron chi connectivity index (χ1n) is 7.08. The third-order valence-corrected chi connectivity index (χ3v) is 4.36. The molecule has 1 aliphatic heterocycles. The van der Waals surface area contributed by atoms with Crippen LogP contribution in [0.15, 0.2) is 35.3 Å². The Kier molecular flexibility index (Phi) is 4.43. The van der Waals surface area contributed by atoms with Crippen LogP contribution in [0.3, 0.4) is 0 Å². The van der Waals surface area contributed by atoms with Crippen molar-refractivity contribution in [3.63, 3.8) is 0 Å². The number of nitrogens with one attached hydrogen (secondary N) is 1. The first-order chi connectivity index (χ1) is 9.23. The predicted octanol–water partition coefficient (Wildman–Crippen LogP) is 2.65. The fourth-order valence-corrected chi connectivity index (χ4v) is 2.76. The van der Waals surface area contributed by atoms with Crippen LogP contribution in [0, 0.1) is 5.41 Å². The maximum absolute atomic E-state index is 5.65. The van der Waals surface area contributed by atoms with Gasteiger partial charge in [0.25, 0.3) is 0 Å². The van der Waals surface area contributed by atoms with Crippen LogP contribution in [0.5, 0.6) is 0 Å². The molecule has 1 aromatic carbocycles. The molecule has 1 fully saturated rings. The number of aliphatic imine (C=N–C) groups is 1. The SMILES string of the molecule is CCC1(CC)CCN(C(=Nc2ccccc2)NN)C1. The smallest absolute Gasteiger partial charge is 0.213 e. The van der Waals surface area contributed by atoms with Gasteiger partial charge in [-0.2, -0.15) is 0 Å². The molecule has 0 spiro atoms. The lowest BCUT2D eigenvalue weighted by Gasteiger charge is -2.27. The molecular weight excluding hydrogens is 236 g/mol. The van der Waals surface area contributed by atoms with Crippen molar-refractivity contribution in [3.8, 4) is 0 Å². The minimum Gasteiger partial charge on any atom is -0.341 e. The van der Waals surface area contributed by atoms with E-state index in [0.29, 0.717) is 5.41 Å². The summed E-state index contributed by atoms with van der Waals surface area (Å²) in [6.45, 7) is 6.61. The first-order valence-corrected chi connectivity index (χ1v) is 7.08. The van der Waals surface area contributed by atoms with E-state index in [1.165, 1.54) is 19.3 Å². The van der Waals surface area contributed by atoms with Gasteiger partial charge in [-0.1, -0.05) is 32.0 Å². The summed E-state index contributed by atoms with van der Waals surface area (Å²) in [5, 5.41) is 0. The second-order valence-corrected chi connectivity index (χ2v) is 5.29. The maximum Gasteiger partial charge on any atom is 0.213 e. The third kappa shape index (κ3) is 3.07. The van der Waals surface area contributed by atoms with Crippen molar-refractivity contribution in [2.24, 2.45) is 16.3 Å². The van der Waals surface area contributed by atoms with Crippen LogP contribution >= 0.6 is 0 Å². The van der Waals surface area contributed by atoms with Gasteiger partial charge >= 0.3 is 0 Å². The van der Waals surface area contributed by atoms with E-state index in [0.717, 1.165) is 24.7 Å². The Morgan fingerprint density at radius 1 is 1.32 bits per heavy atom. The van der Waals surface area contributed by atoms with Crippen LogP contribution in [-0.4, -0.2) is 23.9 Å². The predicted molar refractivity (Wildman–Crippen MR) is 80.1 cm³/mol. The second kappa shape index (κ2) is 6.06. The highest BCUT2D eigenvalue weighted by Crippen LogP contribution is 2.37. The first kappa shape index (κ1) is 13.9. The molecule has 0 aromatic heterocycles. The maximum atomic E-state index is 5.65. The number of hydrazine groups is 1. The molecule has 1 aliphatic rings. The van der Waals surface area contributed by atoms with Gasteiger partial charge in [-0.3, -0.25) is 5.43 Å². The average Bonchev–Trinajstić information content (AvgIpc) is 2.91. The Morgan fingerprint density at radius 2 is 2.00 bits per heavy atom. The zero-order valence-corrected chi connectivity index (χ0v) is 11.9. The molecule has 19 heavy (non-hydrogen) atoms. The molecule has 3 N–H and O–H groups in total. The lowest BCUT2D eigenvalue weighted by molar-refractivity contribution is 0.276. The largest absolute Gasteiger partial charge is 0.341 e. The van der Waals surface area contributed by atoms with Crippen LogP contribution in [-0.2, 0) is 0 Å². The summed E-state index contributed by atoms with van der Waals surface area (Å²) in [6, 6.07) is 9.93. The molecular formula is C15H24N4. The van der Waals surface area contributed by atoms with Crippen LogP contribution in [0.25, 0.3) is 0 Å². The van der Waals surface area contributed by atoms with Crippen molar-refractivity contribution in [2.45, 2.75) is 33.1 Å². The minimum absolute atomic E-state index is 0.425. The summed E-state index contributed by atoms with van der Waals surface area (Å²) in [4.78, 5) is 6.86. The van der Waals surface area contributed by atoms with Gasteiger partial charge in [0, 0.05) is 13.1 Å². The van der Waals surface area contributed by atoms with Crippen LogP contribution < -0.4 is 11.3 Å². The molecule has 1 aromatic rings. The lowest BCUT2D eigenvalue weighted by Crippen LogP contribution is -2.44. The number of rotatable bonds is 3. The molecule has 0 amide bonds. The Balaban J connectivity index is 2.14. The Labute approximate surface area is 115 Å². The number of likely N-dealkylation sites (tertiary alicyclic amines) is 1. The third-order valence-electron chi connectivity index (χ3n) is 4.36. The van der Waals surface area contributed by atoms with Gasteiger partial charge in [0.1, 0.15) is 0 Å². The van der Waals surface area contributed by atoms with Crippen molar-refractivity contribution in [2.75, 3.05) is 13.1 Å². The van der Waals surface area contributed by atoms with E-state index in [-0.39, 0.29) is 0 Å². The summed E-state index contributed by atoms with van der Waals surface area (Å²) >= 11 is 0. The van der Waals surface area contributed by atoms with E-state index >= 15 is 0 Å². The minimum atomic E-state index is 0.425. The highest BCUT2D eigenvalue weighted by Gasteiger charge is 2.36. The molecule has 1 heterocycles. The number of guanidine groups is 1. The van der Waals surface area contributed by atoms with E-state index in [1.807, 2.05) is 30.3 Å². The molecule has 104 valence electrons. The van der Waals surface area contributed by atoms with E-state index in [1.54, 1.807) is 0 Å². The standard InChI is InChI=1S/C15H24N4/c1-3-15(4-2)10-11-19(12-15)14(18-16)17-13-8-6-5-7-9-13/h5-9H,3-4,10-12,16H2,1-2H3,(H,17,18). The van der Waals surface area contributed by atoms with Crippen molar-refractivity contribution < 1.29 is 0 Å². The van der Waals surface area contributed by atoms with Crippen molar-refractivity contribution in [1.82, 2.24) is 10.3 Å². The van der Waals surface area contributed by atoms with Crippen molar-refractivity contribution in [1.29, 1.82) is 0 Å². The van der Waals surface area contributed by atoms with Gasteiger partial charge in [-0.15, -0.1) is 0 Å². The molecule has 0 unspecified atom stereocenters. The number of nitrogens with zero attached hydrogens (tertiary/aromatic N) is 2. The van der Waals surface area contributed by atoms with E-state index in [9.17, 15) is 0 Å². The summed E-state index contributed by atoms with van der Waals surface area (Å²) in [5.74, 6) is 6.42. The number of nitrogens with two attached hydrogens (primary N) is 1. The van der Waals surface area contributed by atoms with Gasteiger partial charge in [0.2, 0.25) is 5.96 Å². The summed E-state index contributed by atoms with van der Waals surface area (Å²) in [7, 11) is 0. The summed E-state index contributed by atoms with van der Waals surface area (Å²) in [5.41, 5.74) is 4.11. The molecule has 1 saturated heterocycles. The molecule has 0 bridgehead atoms. The molecule has 0 aliphatic carbocycles. The Morgan fingerprint density at radius 3 is 2.53 bits per heavy atom. The van der Waals surface area contributed by atoms with Gasteiger partial charge < -0.3 is 4.90 Å². The van der Waals surface area contributed by atoms with E-state index < -0.39 is 0 Å². The Hall–Kier alpha value is -1.55. The zero-order valence-electron chi connectivity index (χ0n) is 11.9. The Bertz CT molecular complexity index is 423. The molecule has 0 radical (unpaired) electrons. The average molecular weight is 260 g/mol. The molecule has 0 saturated carbocycles. The lowest BCUT2D eigenvalue weighted by atomic mass is 9.82. The molecule has 4 heteroatoms. The van der Waals surface area contributed by atoms with Gasteiger partial charge in [0.05, 0.1) is 5.69 Å².